The zero-order valence-corrected chi connectivity index (χ0v) is 15.8. The van der Waals surface area contributed by atoms with Gasteiger partial charge in [0.15, 0.2) is 9.84 Å². The lowest BCUT2D eigenvalue weighted by Crippen LogP contribution is -2.36. The number of hydrogen-bond acceptors (Lipinski definition) is 4. The van der Waals surface area contributed by atoms with Crippen molar-refractivity contribution in [1.82, 2.24) is 5.32 Å². The molecule has 3 N–H and O–H groups in total. The van der Waals surface area contributed by atoms with Gasteiger partial charge < -0.3 is 11.1 Å². The third-order valence-electron chi connectivity index (χ3n) is 3.84. The minimum atomic E-state index is -3.32. The SMILES string of the molecule is CC(CN)C(=O)NC(c1ccccc1)c1cccc(S(C)(=O)=O)c1.Cl. The molecule has 25 heavy (non-hydrogen) atoms. The maximum Gasteiger partial charge on any atom is 0.224 e. The van der Waals surface area contributed by atoms with Gasteiger partial charge in [-0.2, -0.15) is 0 Å². The molecule has 136 valence electrons. The highest BCUT2D eigenvalue weighted by atomic mass is 35.5. The minimum Gasteiger partial charge on any atom is -0.345 e. The number of nitrogens with two attached hydrogens (primary N) is 1. The maximum absolute atomic E-state index is 12.3. The van der Waals surface area contributed by atoms with E-state index in [0.29, 0.717) is 5.56 Å². The third kappa shape index (κ3) is 5.56. The Bertz CT molecular complexity index is 810. The fourth-order valence-corrected chi connectivity index (χ4v) is 3.00. The van der Waals surface area contributed by atoms with Gasteiger partial charge >= 0.3 is 0 Å². The Hall–Kier alpha value is -1.89. The van der Waals surface area contributed by atoms with E-state index in [1.807, 2.05) is 30.3 Å². The number of carbonyl (C=O) groups is 1. The zero-order chi connectivity index (χ0) is 17.7. The number of sulfone groups is 1. The molecule has 0 aliphatic heterocycles. The molecule has 5 nitrogen and oxygen atoms in total. The van der Waals surface area contributed by atoms with Crippen molar-refractivity contribution in [2.75, 3.05) is 12.8 Å². The van der Waals surface area contributed by atoms with Gasteiger partial charge in [-0.05, 0) is 23.3 Å². The molecule has 0 aliphatic rings. The fourth-order valence-electron chi connectivity index (χ4n) is 2.32. The number of amides is 1. The summed E-state index contributed by atoms with van der Waals surface area (Å²) in [7, 11) is -3.32. The van der Waals surface area contributed by atoms with Crippen LogP contribution in [0.4, 0.5) is 0 Å². The van der Waals surface area contributed by atoms with Crippen LogP contribution in [0, 0.1) is 5.92 Å². The van der Waals surface area contributed by atoms with E-state index in [1.165, 1.54) is 6.26 Å². The summed E-state index contributed by atoms with van der Waals surface area (Å²) in [6.45, 7) is 2.00. The Labute approximate surface area is 155 Å². The first-order valence-electron chi connectivity index (χ1n) is 7.68. The molecular weight excluding hydrogens is 360 g/mol. The van der Waals surface area contributed by atoms with Gasteiger partial charge in [-0.15, -0.1) is 12.4 Å². The van der Waals surface area contributed by atoms with Crippen LogP contribution in [-0.4, -0.2) is 27.1 Å². The van der Waals surface area contributed by atoms with Crippen molar-refractivity contribution >= 4 is 28.2 Å². The van der Waals surface area contributed by atoms with Gasteiger partial charge in [0.1, 0.15) is 0 Å². The first kappa shape index (κ1) is 21.2. The topological polar surface area (TPSA) is 89.3 Å². The van der Waals surface area contributed by atoms with Crippen LogP contribution in [0.2, 0.25) is 0 Å². The number of halogens is 1. The van der Waals surface area contributed by atoms with Crippen molar-refractivity contribution in [2.45, 2.75) is 17.9 Å². The molecule has 0 heterocycles. The quantitative estimate of drug-likeness (QED) is 0.802. The second-order valence-corrected chi connectivity index (χ2v) is 7.85. The normalized spacial score (nSPS) is 13.4. The Morgan fingerprint density at radius 1 is 1.08 bits per heavy atom. The average molecular weight is 383 g/mol. The summed E-state index contributed by atoms with van der Waals surface area (Å²) >= 11 is 0. The second-order valence-electron chi connectivity index (χ2n) is 5.83. The van der Waals surface area contributed by atoms with E-state index in [-0.39, 0.29) is 35.7 Å². The van der Waals surface area contributed by atoms with Crippen molar-refractivity contribution in [2.24, 2.45) is 11.7 Å². The predicted octanol–water partition coefficient (Wildman–Crippen LogP) is 2.31. The van der Waals surface area contributed by atoms with Crippen LogP contribution in [0.3, 0.4) is 0 Å². The first-order valence-corrected chi connectivity index (χ1v) is 9.57. The Morgan fingerprint density at radius 2 is 1.68 bits per heavy atom. The van der Waals surface area contributed by atoms with E-state index in [9.17, 15) is 13.2 Å². The van der Waals surface area contributed by atoms with Crippen molar-refractivity contribution in [3.8, 4) is 0 Å². The van der Waals surface area contributed by atoms with E-state index < -0.39 is 15.9 Å². The molecule has 0 saturated heterocycles. The van der Waals surface area contributed by atoms with Crippen molar-refractivity contribution in [3.05, 3.63) is 65.7 Å². The Kier molecular flexibility index (Phi) is 7.60. The van der Waals surface area contributed by atoms with E-state index >= 15 is 0 Å². The number of carbonyl (C=O) groups excluding carboxylic acids is 1. The highest BCUT2D eigenvalue weighted by Gasteiger charge is 2.21. The second kappa shape index (κ2) is 8.99. The van der Waals surface area contributed by atoms with Crippen LogP contribution in [0.15, 0.2) is 59.5 Å². The number of rotatable bonds is 6. The summed E-state index contributed by atoms with van der Waals surface area (Å²) in [6, 6.07) is 15.6. The summed E-state index contributed by atoms with van der Waals surface area (Å²) in [5, 5.41) is 2.97. The average Bonchev–Trinajstić information content (AvgIpc) is 2.58. The van der Waals surface area contributed by atoms with Gasteiger partial charge in [0.05, 0.1) is 10.9 Å². The standard InChI is InChI=1S/C18H22N2O3S.ClH/c1-13(12-19)18(21)20-17(14-7-4-3-5-8-14)15-9-6-10-16(11-15)24(2,22)23;/h3-11,13,17H,12,19H2,1-2H3,(H,20,21);1H. The number of hydrogen-bond donors (Lipinski definition) is 2. The molecule has 0 aromatic heterocycles. The van der Waals surface area contributed by atoms with Gasteiger partial charge in [-0.1, -0.05) is 49.4 Å². The molecule has 2 atom stereocenters. The van der Waals surface area contributed by atoms with Gasteiger partial charge in [-0.3, -0.25) is 4.79 Å². The highest BCUT2D eigenvalue weighted by molar-refractivity contribution is 7.90. The molecule has 0 fully saturated rings. The lowest BCUT2D eigenvalue weighted by molar-refractivity contribution is -0.124. The summed E-state index contributed by atoms with van der Waals surface area (Å²) < 4.78 is 23.6. The molecule has 2 aromatic rings. The molecule has 7 heteroatoms. The van der Waals surface area contributed by atoms with Gasteiger partial charge in [0.25, 0.3) is 0 Å². The maximum atomic E-state index is 12.3. The molecule has 2 unspecified atom stereocenters. The van der Waals surface area contributed by atoms with Gasteiger partial charge in [-0.25, -0.2) is 8.42 Å². The summed E-state index contributed by atoms with van der Waals surface area (Å²) in [5.74, 6) is -0.495. The Morgan fingerprint density at radius 3 is 2.24 bits per heavy atom. The molecule has 2 aromatic carbocycles. The summed E-state index contributed by atoms with van der Waals surface area (Å²) in [4.78, 5) is 12.5. The smallest absolute Gasteiger partial charge is 0.224 e. The van der Waals surface area contributed by atoms with Gasteiger partial charge in [0, 0.05) is 18.7 Å². The Balaban J connectivity index is 0.00000312. The molecule has 0 radical (unpaired) electrons. The van der Waals surface area contributed by atoms with Crippen LogP contribution < -0.4 is 11.1 Å². The third-order valence-corrected chi connectivity index (χ3v) is 4.95. The monoisotopic (exact) mass is 382 g/mol. The van der Waals surface area contributed by atoms with Gasteiger partial charge in [0.2, 0.25) is 5.91 Å². The summed E-state index contributed by atoms with van der Waals surface area (Å²) in [5.41, 5.74) is 7.15. The van der Waals surface area contributed by atoms with Crippen molar-refractivity contribution in [3.63, 3.8) is 0 Å². The molecule has 2 rings (SSSR count). The summed E-state index contributed by atoms with van der Waals surface area (Å²) in [6.07, 6.45) is 1.17. The number of nitrogens with one attached hydrogen (secondary N) is 1. The van der Waals surface area contributed by atoms with Crippen molar-refractivity contribution in [1.29, 1.82) is 0 Å². The van der Waals surface area contributed by atoms with Crippen LogP contribution in [0.25, 0.3) is 0 Å². The van der Waals surface area contributed by atoms with Crippen LogP contribution in [0.1, 0.15) is 24.1 Å². The molecule has 1 amide bonds. The largest absolute Gasteiger partial charge is 0.345 e. The molecule has 0 spiro atoms. The zero-order valence-electron chi connectivity index (χ0n) is 14.2. The lowest BCUT2D eigenvalue weighted by Gasteiger charge is -2.22. The van der Waals surface area contributed by atoms with E-state index in [1.54, 1.807) is 31.2 Å². The molecule has 0 aliphatic carbocycles. The minimum absolute atomic E-state index is 0. The molecule has 0 bridgehead atoms. The van der Waals surface area contributed by atoms with E-state index in [2.05, 4.69) is 5.32 Å². The van der Waals surface area contributed by atoms with E-state index in [0.717, 1.165) is 5.56 Å². The molecular formula is C18H23ClN2O3S. The van der Waals surface area contributed by atoms with Crippen LogP contribution in [-0.2, 0) is 14.6 Å². The highest BCUT2D eigenvalue weighted by Crippen LogP contribution is 2.24. The molecule has 0 saturated carbocycles. The van der Waals surface area contributed by atoms with Crippen LogP contribution in [0.5, 0.6) is 0 Å². The first-order chi connectivity index (χ1) is 11.3. The lowest BCUT2D eigenvalue weighted by atomic mass is 9.98. The van der Waals surface area contributed by atoms with Crippen molar-refractivity contribution < 1.29 is 13.2 Å². The number of benzene rings is 2. The predicted molar refractivity (Wildman–Crippen MR) is 101 cm³/mol. The van der Waals surface area contributed by atoms with E-state index in [4.69, 9.17) is 5.73 Å². The fraction of sp³-hybridized carbons (Fsp3) is 0.278. The van der Waals surface area contributed by atoms with Crippen LogP contribution >= 0.6 is 12.4 Å².